The molecule has 7 heteroatoms. The number of alkyl halides is 1. The number of fused-ring (bicyclic) bond motifs is 1. The van der Waals surface area contributed by atoms with E-state index in [4.69, 9.17) is 0 Å². The number of allylic oxidation sites excluding steroid dienone is 1. The summed E-state index contributed by atoms with van der Waals surface area (Å²) >= 11 is 0. The van der Waals surface area contributed by atoms with Crippen LogP contribution in [0, 0.1) is 5.92 Å². The van der Waals surface area contributed by atoms with Crippen molar-refractivity contribution in [2.24, 2.45) is 5.92 Å². The molecule has 2 heterocycles. The summed E-state index contributed by atoms with van der Waals surface area (Å²) in [5.41, 5.74) is 13.9. The van der Waals surface area contributed by atoms with Gasteiger partial charge in [0.2, 0.25) is 0 Å². The Morgan fingerprint density at radius 1 is 0.886 bits per heavy atom. The maximum atomic E-state index is 14.6. The van der Waals surface area contributed by atoms with Crippen LogP contribution in [0.2, 0.25) is 0 Å². The van der Waals surface area contributed by atoms with Crippen LogP contribution in [-0.2, 0) is 0 Å². The van der Waals surface area contributed by atoms with Gasteiger partial charge in [0.1, 0.15) is 0 Å². The number of benzene rings is 3. The zero-order valence-electron chi connectivity index (χ0n) is 19.1. The molecular formula is C28H25FN6. The Hall–Kier alpha value is -4.10. The van der Waals surface area contributed by atoms with Gasteiger partial charge in [-0.05, 0) is 80.8 Å². The molecule has 4 aromatic rings. The van der Waals surface area contributed by atoms with Gasteiger partial charge < -0.3 is 5.43 Å². The van der Waals surface area contributed by atoms with Crippen molar-refractivity contribution in [1.82, 2.24) is 26.0 Å². The average Bonchev–Trinajstić information content (AvgIpc) is 3.52. The lowest BCUT2D eigenvalue weighted by Crippen LogP contribution is -2.15. The summed E-state index contributed by atoms with van der Waals surface area (Å²) < 4.78 is 14.6. The third-order valence-corrected chi connectivity index (χ3v) is 6.81. The Bertz CT molecular complexity index is 1370. The van der Waals surface area contributed by atoms with E-state index in [1.54, 1.807) is 0 Å². The summed E-state index contributed by atoms with van der Waals surface area (Å²) in [6.07, 6.45) is 6.16. The van der Waals surface area contributed by atoms with Gasteiger partial charge in [0.25, 0.3) is 0 Å². The van der Waals surface area contributed by atoms with Gasteiger partial charge in [-0.15, -0.1) is 5.10 Å². The molecule has 1 aliphatic carbocycles. The molecule has 1 aliphatic heterocycles. The summed E-state index contributed by atoms with van der Waals surface area (Å²) in [5, 5.41) is 13.8. The van der Waals surface area contributed by atoms with Crippen molar-refractivity contribution < 1.29 is 4.39 Å². The molecule has 1 atom stereocenters. The van der Waals surface area contributed by atoms with Gasteiger partial charge in [0.15, 0.2) is 12.1 Å². The molecule has 0 amide bonds. The molecule has 1 fully saturated rings. The van der Waals surface area contributed by atoms with Gasteiger partial charge >= 0.3 is 0 Å². The Kier molecular flexibility index (Phi) is 5.68. The monoisotopic (exact) mass is 464 g/mol. The second-order valence-electron chi connectivity index (χ2n) is 8.96. The molecular weight excluding hydrogens is 439 g/mol. The molecule has 1 saturated carbocycles. The lowest BCUT2D eigenvalue weighted by molar-refractivity contribution is 0.314. The van der Waals surface area contributed by atoms with Crippen LogP contribution < -0.4 is 10.9 Å². The summed E-state index contributed by atoms with van der Waals surface area (Å²) in [4.78, 5) is 0. The fourth-order valence-corrected chi connectivity index (χ4v) is 4.81. The Balaban J connectivity index is 1.49. The number of aromatic nitrogens is 4. The highest BCUT2D eigenvalue weighted by molar-refractivity contribution is 6.00. The first-order valence-electron chi connectivity index (χ1n) is 11.9. The number of hydrogen-bond donors (Lipinski definition) is 3. The van der Waals surface area contributed by atoms with Crippen molar-refractivity contribution in [3.8, 4) is 0 Å². The lowest BCUT2D eigenvalue weighted by Gasteiger charge is -2.31. The largest absolute Gasteiger partial charge is 0.318 e. The topological polar surface area (TPSA) is 78.5 Å². The minimum absolute atomic E-state index is 0.483. The third kappa shape index (κ3) is 4.26. The minimum atomic E-state index is -1.23. The molecule has 0 spiro atoms. The molecule has 6 nitrogen and oxygen atoms in total. The van der Waals surface area contributed by atoms with E-state index in [0.717, 1.165) is 28.0 Å². The number of aromatic amines is 1. The predicted octanol–water partition coefficient (Wildman–Crippen LogP) is 6.03. The summed E-state index contributed by atoms with van der Waals surface area (Å²) in [6.45, 7) is 0. The van der Waals surface area contributed by atoms with E-state index >= 15 is 0 Å². The minimum Gasteiger partial charge on any atom is -0.318 e. The fourth-order valence-electron chi connectivity index (χ4n) is 4.81. The summed E-state index contributed by atoms with van der Waals surface area (Å²) in [5.74, 6) is 1.09. The van der Waals surface area contributed by atoms with E-state index in [9.17, 15) is 4.39 Å². The molecule has 0 saturated heterocycles. The number of nitrogens with zero attached hydrogens (tertiary/aromatic N) is 3. The average molecular weight is 465 g/mol. The molecule has 35 heavy (non-hydrogen) atoms. The number of halogens is 1. The standard InChI is InChI=1S/C28H25FN6/c29-28-23-17-22(14-15-24(23)30-33-28)27(26(20-7-4-8-20)19-5-2-1-3-6-19)21-12-9-18(10-13-21)11-16-25-31-34-35-32-25/h1-3,5-6,9-17,20,28,30,33H,4,7-8H2,(H,31,32,34,35)/b16-11+,27-26-. The van der Waals surface area contributed by atoms with Gasteiger partial charge in [0.05, 0.1) is 5.69 Å². The maximum Gasteiger partial charge on any atom is 0.195 e. The van der Waals surface area contributed by atoms with Crippen molar-refractivity contribution in [1.29, 1.82) is 0 Å². The van der Waals surface area contributed by atoms with Gasteiger partial charge in [-0.2, -0.15) is 0 Å². The Morgan fingerprint density at radius 2 is 1.69 bits per heavy atom. The van der Waals surface area contributed by atoms with Crippen LogP contribution >= 0.6 is 0 Å². The van der Waals surface area contributed by atoms with Gasteiger partial charge in [-0.3, -0.25) is 0 Å². The number of hydrazine groups is 1. The molecule has 2 aliphatic rings. The number of H-pyrrole nitrogens is 1. The van der Waals surface area contributed by atoms with Crippen LogP contribution in [0.1, 0.15) is 59.2 Å². The summed E-state index contributed by atoms with van der Waals surface area (Å²) in [7, 11) is 0. The normalized spacial score (nSPS) is 18.1. The second-order valence-corrected chi connectivity index (χ2v) is 8.96. The van der Waals surface area contributed by atoms with Crippen LogP contribution in [-0.4, -0.2) is 20.6 Å². The highest BCUT2D eigenvalue weighted by Gasteiger charge is 2.28. The highest BCUT2D eigenvalue weighted by atomic mass is 19.1. The molecule has 174 valence electrons. The smallest absolute Gasteiger partial charge is 0.195 e. The molecule has 1 aromatic heterocycles. The predicted molar refractivity (Wildman–Crippen MR) is 136 cm³/mol. The molecule has 1 unspecified atom stereocenters. The second kappa shape index (κ2) is 9.27. The van der Waals surface area contributed by atoms with Crippen LogP contribution in [0.4, 0.5) is 10.1 Å². The van der Waals surface area contributed by atoms with Crippen molar-refractivity contribution >= 4 is 29.0 Å². The zero-order chi connectivity index (χ0) is 23.6. The van der Waals surface area contributed by atoms with E-state index in [2.05, 4.69) is 86.1 Å². The van der Waals surface area contributed by atoms with Crippen molar-refractivity contribution in [2.45, 2.75) is 25.6 Å². The van der Waals surface area contributed by atoms with Crippen molar-refractivity contribution in [3.63, 3.8) is 0 Å². The van der Waals surface area contributed by atoms with E-state index < -0.39 is 6.30 Å². The quantitative estimate of drug-likeness (QED) is 0.240. The van der Waals surface area contributed by atoms with Crippen LogP contribution in [0.25, 0.3) is 23.3 Å². The fraction of sp³-hybridized carbons (Fsp3) is 0.179. The molecule has 3 aromatic carbocycles. The van der Waals surface area contributed by atoms with Crippen molar-refractivity contribution in [3.05, 3.63) is 106 Å². The number of tetrazole rings is 1. The maximum absolute atomic E-state index is 14.6. The van der Waals surface area contributed by atoms with Gasteiger partial charge in [-0.1, -0.05) is 73.2 Å². The number of rotatable bonds is 6. The number of hydrogen-bond acceptors (Lipinski definition) is 5. The van der Waals surface area contributed by atoms with E-state index in [0.29, 0.717) is 17.3 Å². The van der Waals surface area contributed by atoms with E-state index in [-0.39, 0.29) is 0 Å². The lowest BCUT2D eigenvalue weighted by atomic mass is 9.73. The molecule has 0 bridgehead atoms. The Morgan fingerprint density at radius 3 is 2.40 bits per heavy atom. The first-order chi connectivity index (χ1) is 17.3. The third-order valence-electron chi connectivity index (χ3n) is 6.81. The van der Waals surface area contributed by atoms with E-state index in [1.165, 1.54) is 30.4 Å². The first-order valence-corrected chi connectivity index (χ1v) is 11.9. The molecule has 6 rings (SSSR count). The first kappa shape index (κ1) is 21.4. The highest BCUT2D eigenvalue weighted by Crippen LogP contribution is 2.46. The van der Waals surface area contributed by atoms with Crippen LogP contribution in [0.15, 0.2) is 72.8 Å². The van der Waals surface area contributed by atoms with Crippen molar-refractivity contribution in [2.75, 3.05) is 5.43 Å². The van der Waals surface area contributed by atoms with Gasteiger partial charge in [0, 0.05) is 5.56 Å². The summed E-state index contributed by atoms with van der Waals surface area (Å²) in [6, 6.07) is 25.1. The number of anilines is 1. The molecule has 0 radical (unpaired) electrons. The van der Waals surface area contributed by atoms with Crippen LogP contribution in [0.5, 0.6) is 0 Å². The molecule has 3 N–H and O–H groups in total. The SMILES string of the molecule is FC1NNc2ccc(/C(=C(/c3ccccc3)C3CCC3)c3ccc(/C=C/c4nnn[nH]4)cc3)cc21. The number of nitrogens with one attached hydrogen (secondary N) is 3. The van der Waals surface area contributed by atoms with E-state index in [1.807, 2.05) is 30.4 Å². The van der Waals surface area contributed by atoms with Crippen LogP contribution in [0.3, 0.4) is 0 Å². The Labute approximate surface area is 203 Å². The zero-order valence-corrected chi connectivity index (χ0v) is 19.1. The van der Waals surface area contributed by atoms with Gasteiger partial charge in [-0.25, -0.2) is 14.9 Å².